The number of aryl methyl sites for hydroxylation is 1. The molecule has 1 amide bonds. The van der Waals surface area contributed by atoms with Crippen LogP contribution in [0.15, 0.2) is 18.2 Å². The van der Waals surface area contributed by atoms with E-state index in [0.717, 1.165) is 18.0 Å². The maximum atomic E-state index is 12.0. The molecule has 2 atom stereocenters. The number of nitrogens with one attached hydrogen (secondary N) is 1. The highest BCUT2D eigenvalue weighted by atomic mass is 32.1. The highest BCUT2D eigenvalue weighted by Gasteiger charge is 2.33. The summed E-state index contributed by atoms with van der Waals surface area (Å²) in [5, 5.41) is 3.02. The molecule has 5 heteroatoms. The average molecular weight is 337 g/mol. The SMILES string of the molecule is Cc1ccc(/C=C/C(=O)NCC(C)(C)N2C[C@H](C)O[C@@H](C)C2)s1. The zero-order valence-corrected chi connectivity index (χ0v) is 15.6. The maximum Gasteiger partial charge on any atom is 0.244 e. The summed E-state index contributed by atoms with van der Waals surface area (Å²) in [6, 6.07) is 4.09. The molecule has 1 aromatic rings. The molecule has 1 aliphatic rings. The van der Waals surface area contributed by atoms with Gasteiger partial charge in [-0.2, -0.15) is 0 Å². The van der Waals surface area contributed by atoms with Crippen LogP contribution in [0.25, 0.3) is 6.08 Å². The first kappa shape index (κ1) is 18.2. The first-order chi connectivity index (χ1) is 10.8. The van der Waals surface area contributed by atoms with E-state index in [2.05, 4.69) is 50.9 Å². The van der Waals surface area contributed by atoms with Gasteiger partial charge in [-0.3, -0.25) is 9.69 Å². The van der Waals surface area contributed by atoms with Crippen LogP contribution < -0.4 is 5.32 Å². The van der Waals surface area contributed by atoms with Gasteiger partial charge in [0, 0.05) is 41.0 Å². The minimum absolute atomic E-state index is 0.0431. The lowest BCUT2D eigenvalue weighted by atomic mass is 10.00. The molecule has 0 unspecified atom stereocenters. The Morgan fingerprint density at radius 2 is 2.04 bits per heavy atom. The van der Waals surface area contributed by atoms with Crippen LogP contribution in [0.2, 0.25) is 0 Å². The summed E-state index contributed by atoms with van der Waals surface area (Å²) in [5.41, 5.74) is -0.0880. The third kappa shape index (κ3) is 5.44. The molecule has 0 saturated carbocycles. The molecular formula is C18H28N2O2S. The van der Waals surface area contributed by atoms with Crippen LogP contribution in [0.3, 0.4) is 0 Å². The topological polar surface area (TPSA) is 41.6 Å². The fraction of sp³-hybridized carbons (Fsp3) is 0.611. The smallest absolute Gasteiger partial charge is 0.244 e. The number of ether oxygens (including phenoxy) is 1. The van der Waals surface area contributed by atoms with Gasteiger partial charge >= 0.3 is 0 Å². The van der Waals surface area contributed by atoms with E-state index in [4.69, 9.17) is 4.74 Å². The molecule has 0 aliphatic carbocycles. The van der Waals surface area contributed by atoms with Crippen molar-refractivity contribution in [2.24, 2.45) is 0 Å². The molecule has 23 heavy (non-hydrogen) atoms. The van der Waals surface area contributed by atoms with Crippen LogP contribution in [0.1, 0.15) is 37.4 Å². The maximum absolute atomic E-state index is 12.0. The quantitative estimate of drug-likeness (QED) is 0.840. The third-order valence-corrected chi connectivity index (χ3v) is 5.10. The second-order valence-electron chi connectivity index (χ2n) is 6.97. The number of nitrogens with zero attached hydrogens (tertiary/aromatic N) is 1. The number of amides is 1. The first-order valence-corrected chi connectivity index (χ1v) is 9.01. The van der Waals surface area contributed by atoms with Crippen molar-refractivity contribution in [1.82, 2.24) is 10.2 Å². The van der Waals surface area contributed by atoms with E-state index in [9.17, 15) is 4.79 Å². The van der Waals surface area contributed by atoms with E-state index < -0.39 is 0 Å². The molecule has 1 fully saturated rings. The van der Waals surface area contributed by atoms with E-state index >= 15 is 0 Å². The Morgan fingerprint density at radius 1 is 1.39 bits per heavy atom. The Balaban J connectivity index is 1.85. The Morgan fingerprint density at radius 3 is 2.61 bits per heavy atom. The Hall–Kier alpha value is -1.17. The average Bonchev–Trinajstić information content (AvgIpc) is 2.88. The van der Waals surface area contributed by atoms with Gasteiger partial charge in [0.25, 0.3) is 0 Å². The number of hydrogen-bond acceptors (Lipinski definition) is 4. The van der Waals surface area contributed by atoms with Gasteiger partial charge in [0.05, 0.1) is 12.2 Å². The van der Waals surface area contributed by atoms with Crippen LogP contribution in [0.4, 0.5) is 0 Å². The molecule has 1 aromatic heterocycles. The lowest BCUT2D eigenvalue weighted by Gasteiger charge is -2.45. The van der Waals surface area contributed by atoms with Gasteiger partial charge < -0.3 is 10.1 Å². The first-order valence-electron chi connectivity index (χ1n) is 8.19. The van der Waals surface area contributed by atoms with Gasteiger partial charge in [-0.25, -0.2) is 0 Å². The Bertz CT molecular complexity index is 555. The molecule has 0 radical (unpaired) electrons. The minimum Gasteiger partial charge on any atom is -0.373 e. The zero-order chi connectivity index (χ0) is 17.0. The van der Waals surface area contributed by atoms with E-state index in [1.807, 2.05) is 12.1 Å². The van der Waals surface area contributed by atoms with Gasteiger partial charge in [0.2, 0.25) is 5.91 Å². The summed E-state index contributed by atoms with van der Waals surface area (Å²) in [6.45, 7) is 13.0. The van der Waals surface area contributed by atoms with E-state index in [-0.39, 0.29) is 23.7 Å². The number of carbonyl (C=O) groups is 1. The van der Waals surface area contributed by atoms with Gasteiger partial charge in [0.15, 0.2) is 0 Å². The van der Waals surface area contributed by atoms with Gasteiger partial charge in [-0.1, -0.05) is 0 Å². The van der Waals surface area contributed by atoms with Crippen molar-refractivity contribution in [3.63, 3.8) is 0 Å². The highest BCUT2D eigenvalue weighted by molar-refractivity contribution is 7.12. The van der Waals surface area contributed by atoms with Crippen LogP contribution in [0, 0.1) is 6.92 Å². The molecule has 4 nitrogen and oxygen atoms in total. The molecule has 2 rings (SSSR count). The minimum atomic E-state index is -0.0880. The number of rotatable bonds is 5. The lowest BCUT2D eigenvalue weighted by Crippen LogP contribution is -2.58. The van der Waals surface area contributed by atoms with Crippen LogP contribution >= 0.6 is 11.3 Å². The summed E-state index contributed by atoms with van der Waals surface area (Å²) >= 11 is 1.69. The van der Waals surface area contributed by atoms with Gasteiger partial charge in [-0.15, -0.1) is 11.3 Å². The predicted octanol–water partition coefficient (Wildman–Crippen LogP) is 3.07. The van der Waals surface area contributed by atoms with Crippen LogP contribution in [-0.2, 0) is 9.53 Å². The van der Waals surface area contributed by atoms with E-state index in [0.29, 0.717) is 6.54 Å². The van der Waals surface area contributed by atoms with Crippen molar-refractivity contribution in [2.45, 2.75) is 52.4 Å². The molecule has 1 saturated heterocycles. The fourth-order valence-electron chi connectivity index (χ4n) is 2.85. The van der Waals surface area contributed by atoms with Crippen molar-refractivity contribution in [2.75, 3.05) is 19.6 Å². The highest BCUT2D eigenvalue weighted by Crippen LogP contribution is 2.20. The summed E-state index contributed by atoms with van der Waals surface area (Å²) in [7, 11) is 0. The largest absolute Gasteiger partial charge is 0.373 e. The number of thiophene rings is 1. The second kappa shape index (κ2) is 7.60. The van der Waals surface area contributed by atoms with Gasteiger partial charge in [-0.05, 0) is 52.8 Å². The molecule has 128 valence electrons. The second-order valence-corrected chi connectivity index (χ2v) is 8.29. The van der Waals surface area contributed by atoms with Gasteiger partial charge in [0.1, 0.15) is 0 Å². The Kier molecular flexibility index (Phi) is 6.00. The van der Waals surface area contributed by atoms with E-state index in [1.54, 1.807) is 17.4 Å². The number of hydrogen-bond donors (Lipinski definition) is 1. The molecule has 0 aromatic carbocycles. The summed E-state index contributed by atoms with van der Waals surface area (Å²) in [5.74, 6) is -0.0431. The lowest BCUT2D eigenvalue weighted by molar-refractivity contribution is -0.118. The summed E-state index contributed by atoms with van der Waals surface area (Å²) in [6.07, 6.45) is 3.96. The summed E-state index contributed by atoms with van der Waals surface area (Å²) in [4.78, 5) is 16.8. The number of morpholine rings is 1. The fourth-order valence-corrected chi connectivity index (χ4v) is 3.63. The molecule has 0 spiro atoms. The molecular weight excluding hydrogens is 308 g/mol. The zero-order valence-electron chi connectivity index (χ0n) is 14.8. The van der Waals surface area contributed by atoms with Crippen molar-refractivity contribution in [3.8, 4) is 0 Å². The third-order valence-electron chi connectivity index (χ3n) is 4.13. The van der Waals surface area contributed by atoms with Crippen LogP contribution in [0.5, 0.6) is 0 Å². The van der Waals surface area contributed by atoms with E-state index in [1.165, 1.54) is 4.88 Å². The normalized spacial score (nSPS) is 23.3. The standard InChI is InChI=1S/C18H28N2O2S/c1-13-10-20(11-14(2)22-13)18(4,5)12-19-17(21)9-8-16-7-6-15(3)23-16/h6-9,13-14H,10-12H2,1-5H3,(H,19,21)/b9-8+/t13-,14-/m0/s1. The van der Waals surface area contributed by atoms with Crippen LogP contribution in [-0.4, -0.2) is 48.2 Å². The van der Waals surface area contributed by atoms with Crippen molar-refractivity contribution < 1.29 is 9.53 Å². The molecule has 1 N–H and O–H groups in total. The molecule has 2 heterocycles. The summed E-state index contributed by atoms with van der Waals surface area (Å²) < 4.78 is 5.79. The molecule has 0 bridgehead atoms. The number of carbonyl (C=O) groups excluding carboxylic acids is 1. The Labute approximate surface area is 143 Å². The van der Waals surface area contributed by atoms with Crippen molar-refractivity contribution >= 4 is 23.3 Å². The van der Waals surface area contributed by atoms with Crippen molar-refractivity contribution in [1.29, 1.82) is 0 Å². The molecule has 1 aliphatic heterocycles. The monoisotopic (exact) mass is 336 g/mol. The predicted molar refractivity (Wildman–Crippen MR) is 96.8 cm³/mol. The van der Waals surface area contributed by atoms with Crippen molar-refractivity contribution in [3.05, 3.63) is 28.0 Å².